The fraction of sp³-hybridized carbons (Fsp3) is 0.273. The average molecular weight is 241 g/mol. The van der Waals surface area contributed by atoms with E-state index in [4.69, 9.17) is 5.26 Å². The number of methoxy groups -OCH3 is 1. The van der Waals surface area contributed by atoms with Gasteiger partial charge in [-0.25, -0.2) is 4.79 Å². The lowest BCUT2D eigenvalue weighted by atomic mass is 10.0. The summed E-state index contributed by atoms with van der Waals surface area (Å²) in [6.07, 6.45) is 0. The number of esters is 1. The monoisotopic (exact) mass is 241 g/mol. The number of benzene rings is 1. The number of nitriles is 1. The maximum absolute atomic E-state index is 12.1. The van der Waals surface area contributed by atoms with Crippen LogP contribution in [0.15, 0.2) is 12.1 Å². The van der Waals surface area contributed by atoms with Crippen LogP contribution in [0.1, 0.15) is 21.5 Å². The molecule has 0 atom stereocenters. The van der Waals surface area contributed by atoms with Gasteiger partial charge in [-0.2, -0.15) is 14.0 Å². The lowest BCUT2D eigenvalue weighted by molar-refractivity contribution is -0.0504. The van der Waals surface area contributed by atoms with Crippen LogP contribution in [0.3, 0.4) is 0 Å². The first-order valence-electron chi connectivity index (χ1n) is 4.58. The summed E-state index contributed by atoms with van der Waals surface area (Å²) in [4.78, 5) is 11.4. The molecule has 6 heteroatoms. The molecule has 4 nitrogen and oxygen atoms in total. The molecule has 0 aliphatic carbocycles. The zero-order chi connectivity index (χ0) is 13.0. The number of rotatable bonds is 3. The summed E-state index contributed by atoms with van der Waals surface area (Å²) in [5.41, 5.74) is 0.288. The third kappa shape index (κ3) is 2.69. The molecular weight excluding hydrogens is 232 g/mol. The summed E-state index contributed by atoms with van der Waals surface area (Å²) in [5, 5.41) is 8.78. The number of nitrogens with zero attached hydrogens (tertiary/aromatic N) is 1. The molecular formula is C11H9F2NO3. The van der Waals surface area contributed by atoms with E-state index < -0.39 is 12.6 Å². The third-order valence-electron chi connectivity index (χ3n) is 2.15. The Hall–Kier alpha value is -2.16. The van der Waals surface area contributed by atoms with Gasteiger partial charge in [-0.1, -0.05) is 0 Å². The van der Waals surface area contributed by atoms with E-state index in [2.05, 4.69) is 9.47 Å². The van der Waals surface area contributed by atoms with E-state index in [9.17, 15) is 13.6 Å². The number of alkyl halides is 2. The van der Waals surface area contributed by atoms with Gasteiger partial charge in [-0.3, -0.25) is 0 Å². The molecule has 1 aromatic carbocycles. The quantitative estimate of drug-likeness (QED) is 0.761. The first-order chi connectivity index (χ1) is 8.01. The van der Waals surface area contributed by atoms with Crippen LogP contribution in [0.5, 0.6) is 5.75 Å². The van der Waals surface area contributed by atoms with Crippen LogP contribution in [0.25, 0.3) is 0 Å². The fourth-order valence-corrected chi connectivity index (χ4v) is 1.36. The zero-order valence-electron chi connectivity index (χ0n) is 9.16. The van der Waals surface area contributed by atoms with Crippen molar-refractivity contribution in [1.29, 1.82) is 5.26 Å². The molecule has 90 valence electrons. The number of hydrogen-bond donors (Lipinski definition) is 0. The summed E-state index contributed by atoms with van der Waals surface area (Å²) in [6, 6.07) is 4.29. The van der Waals surface area contributed by atoms with Gasteiger partial charge < -0.3 is 9.47 Å². The largest absolute Gasteiger partial charge is 0.465 e. The summed E-state index contributed by atoms with van der Waals surface area (Å²) in [7, 11) is 1.12. The number of halogens is 2. The molecule has 0 saturated carbocycles. The second kappa shape index (κ2) is 5.25. The van der Waals surface area contributed by atoms with E-state index in [0.29, 0.717) is 0 Å². The number of ether oxygens (including phenoxy) is 2. The first kappa shape index (κ1) is 12.9. The summed E-state index contributed by atoms with van der Waals surface area (Å²) in [5.74, 6) is -1.13. The second-order valence-electron chi connectivity index (χ2n) is 3.09. The number of carbonyl (C=O) groups excluding carboxylic acids is 1. The van der Waals surface area contributed by atoms with E-state index >= 15 is 0 Å². The van der Waals surface area contributed by atoms with Crippen molar-refractivity contribution in [3.8, 4) is 11.8 Å². The molecule has 1 aromatic rings. The van der Waals surface area contributed by atoms with Crippen molar-refractivity contribution in [2.45, 2.75) is 13.5 Å². The highest BCUT2D eigenvalue weighted by Gasteiger charge is 2.20. The second-order valence-corrected chi connectivity index (χ2v) is 3.09. The smallest absolute Gasteiger partial charge is 0.387 e. The Morgan fingerprint density at radius 3 is 2.59 bits per heavy atom. The van der Waals surface area contributed by atoms with Crippen LogP contribution in [0.4, 0.5) is 8.78 Å². The van der Waals surface area contributed by atoms with E-state index in [0.717, 1.165) is 13.2 Å². The summed E-state index contributed by atoms with van der Waals surface area (Å²) in [6.45, 7) is -1.59. The Balaban J connectivity index is 3.36. The molecule has 0 saturated heterocycles. The van der Waals surface area contributed by atoms with E-state index in [1.165, 1.54) is 13.0 Å². The Bertz CT molecular complexity index is 480. The third-order valence-corrected chi connectivity index (χ3v) is 2.15. The molecule has 0 aliphatic heterocycles. The van der Waals surface area contributed by atoms with Crippen LogP contribution in [-0.2, 0) is 4.74 Å². The van der Waals surface area contributed by atoms with Gasteiger partial charge in [0.15, 0.2) is 0 Å². The predicted molar refractivity (Wildman–Crippen MR) is 53.9 cm³/mol. The van der Waals surface area contributed by atoms with Crippen LogP contribution in [0, 0.1) is 18.3 Å². The van der Waals surface area contributed by atoms with E-state index in [1.54, 1.807) is 0 Å². The Kier molecular flexibility index (Phi) is 3.99. The standard InChI is InChI=1S/C11H9F2NO3/c1-6-7(5-14)3-4-8(17-11(12)13)9(6)10(15)16-2/h3-4,11H,1-2H3. The maximum Gasteiger partial charge on any atom is 0.387 e. The van der Waals surface area contributed by atoms with Gasteiger partial charge in [0.25, 0.3) is 0 Å². The van der Waals surface area contributed by atoms with Crippen molar-refractivity contribution in [3.63, 3.8) is 0 Å². The minimum Gasteiger partial charge on any atom is -0.465 e. The highest BCUT2D eigenvalue weighted by atomic mass is 19.3. The van der Waals surface area contributed by atoms with Gasteiger partial charge in [0.05, 0.1) is 18.7 Å². The molecule has 1 rings (SSSR count). The van der Waals surface area contributed by atoms with Crippen molar-refractivity contribution in [2.24, 2.45) is 0 Å². The highest BCUT2D eigenvalue weighted by Crippen LogP contribution is 2.27. The topological polar surface area (TPSA) is 59.3 Å². The highest BCUT2D eigenvalue weighted by molar-refractivity contribution is 5.94. The molecule has 0 aliphatic rings. The minimum atomic E-state index is -3.05. The Labute approximate surface area is 96.4 Å². The van der Waals surface area contributed by atoms with Crippen LogP contribution >= 0.6 is 0 Å². The van der Waals surface area contributed by atoms with Gasteiger partial charge in [0.1, 0.15) is 11.3 Å². The van der Waals surface area contributed by atoms with Gasteiger partial charge in [0, 0.05) is 0 Å². The zero-order valence-corrected chi connectivity index (χ0v) is 9.16. The maximum atomic E-state index is 12.1. The first-order valence-corrected chi connectivity index (χ1v) is 4.58. The molecule has 0 aromatic heterocycles. The molecule has 17 heavy (non-hydrogen) atoms. The molecule has 0 unspecified atom stereocenters. The summed E-state index contributed by atoms with van der Waals surface area (Å²) < 4.78 is 33.0. The normalized spacial score (nSPS) is 9.88. The molecule has 0 fully saturated rings. The number of hydrogen-bond acceptors (Lipinski definition) is 4. The van der Waals surface area contributed by atoms with Gasteiger partial charge >= 0.3 is 12.6 Å². The molecule has 0 bridgehead atoms. The lowest BCUT2D eigenvalue weighted by Crippen LogP contribution is -2.11. The fourth-order valence-electron chi connectivity index (χ4n) is 1.36. The lowest BCUT2D eigenvalue weighted by Gasteiger charge is -2.12. The van der Waals surface area contributed by atoms with Crippen LogP contribution in [0.2, 0.25) is 0 Å². The van der Waals surface area contributed by atoms with Crippen molar-refractivity contribution in [1.82, 2.24) is 0 Å². The number of carbonyl (C=O) groups is 1. The van der Waals surface area contributed by atoms with Gasteiger partial charge in [-0.05, 0) is 24.6 Å². The van der Waals surface area contributed by atoms with Crippen LogP contribution in [-0.4, -0.2) is 19.7 Å². The molecule has 0 spiro atoms. The van der Waals surface area contributed by atoms with Crippen molar-refractivity contribution >= 4 is 5.97 Å². The summed E-state index contributed by atoms with van der Waals surface area (Å²) >= 11 is 0. The van der Waals surface area contributed by atoms with E-state index in [-0.39, 0.29) is 22.4 Å². The SMILES string of the molecule is COC(=O)c1c(OC(F)F)ccc(C#N)c1C. The van der Waals surface area contributed by atoms with Crippen molar-refractivity contribution in [3.05, 3.63) is 28.8 Å². The van der Waals surface area contributed by atoms with Crippen molar-refractivity contribution in [2.75, 3.05) is 7.11 Å². The molecule has 0 radical (unpaired) electrons. The van der Waals surface area contributed by atoms with E-state index in [1.807, 2.05) is 6.07 Å². The molecule has 0 amide bonds. The van der Waals surface area contributed by atoms with Crippen molar-refractivity contribution < 1.29 is 23.0 Å². The minimum absolute atomic E-state index is 0.160. The van der Waals surface area contributed by atoms with Gasteiger partial charge in [-0.15, -0.1) is 0 Å². The molecule has 0 heterocycles. The average Bonchev–Trinajstić information content (AvgIpc) is 2.28. The van der Waals surface area contributed by atoms with Gasteiger partial charge in [0.2, 0.25) is 0 Å². The Morgan fingerprint density at radius 2 is 2.12 bits per heavy atom. The Morgan fingerprint density at radius 1 is 1.47 bits per heavy atom. The molecule has 0 N–H and O–H groups in total. The van der Waals surface area contributed by atoms with Crippen LogP contribution < -0.4 is 4.74 Å². The predicted octanol–water partition coefficient (Wildman–Crippen LogP) is 2.25.